The van der Waals surface area contributed by atoms with Crippen molar-refractivity contribution in [2.75, 3.05) is 27.4 Å². The number of hydrogen-bond acceptors (Lipinski definition) is 4. The van der Waals surface area contributed by atoms with E-state index in [0.717, 1.165) is 5.56 Å². The van der Waals surface area contributed by atoms with Gasteiger partial charge in [0.05, 0.1) is 6.61 Å². The number of fused-ring (bicyclic) bond motifs is 1. The predicted octanol–water partition coefficient (Wildman–Crippen LogP) is 1.18. The van der Waals surface area contributed by atoms with Crippen molar-refractivity contribution >= 4 is 11.9 Å². The van der Waals surface area contributed by atoms with Crippen LogP contribution in [0.1, 0.15) is 22.8 Å². The topological polar surface area (TPSA) is 55.8 Å². The number of rotatable bonds is 4. The minimum Gasteiger partial charge on any atom is -0.463 e. The highest BCUT2D eigenvalue weighted by atomic mass is 16.5. The first kappa shape index (κ1) is 13.5. The summed E-state index contributed by atoms with van der Waals surface area (Å²) in [5.74, 6) is -0.458. The van der Waals surface area contributed by atoms with Gasteiger partial charge < -0.3 is 14.4 Å². The summed E-state index contributed by atoms with van der Waals surface area (Å²) in [6, 6.07) is 7.33. The molecular weight excluding hydrogens is 246 g/mol. The number of esters is 1. The van der Waals surface area contributed by atoms with Gasteiger partial charge in [-0.25, -0.2) is 0 Å². The molecule has 0 aromatic heterocycles. The van der Waals surface area contributed by atoms with Crippen LogP contribution < -0.4 is 0 Å². The first-order valence-corrected chi connectivity index (χ1v) is 6.03. The fourth-order valence-corrected chi connectivity index (χ4v) is 2.48. The van der Waals surface area contributed by atoms with Crippen LogP contribution in [-0.4, -0.2) is 44.1 Å². The number of methoxy groups -OCH3 is 1. The van der Waals surface area contributed by atoms with Crippen molar-refractivity contribution in [2.45, 2.75) is 12.5 Å². The summed E-state index contributed by atoms with van der Waals surface area (Å²) in [4.78, 5) is 24.9. The highest BCUT2D eigenvalue weighted by molar-refractivity contribution is 6.00. The first-order valence-electron chi connectivity index (χ1n) is 6.03. The Labute approximate surface area is 112 Å². The van der Waals surface area contributed by atoms with Gasteiger partial charge in [-0.15, -0.1) is 0 Å². The van der Waals surface area contributed by atoms with E-state index in [-0.39, 0.29) is 25.1 Å². The molecule has 0 aliphatic carbocycles. The molecule has 0 fully saturated rings. The van der Waals surface area contributed by atoms with Crippen LogP contribution in [-0.2, 0) is 19.8 Å². The molecule has 2 rings (SSSR count). The van der Waals surface area contributed by atoms with E-state index in [9.17, 15) is 9.59 Å². The zero-order valence-corrected chi connectivity index (χ0v) is 11.3. The zero-order chi connectivity index (χ0) is 14.0. The van der Waals surface area contributed by atoms with Gasteiger partial charge >= 0.3 is 5.97 Å². The van der Waals surface area contributed by atoms with Crippen LogP contribution in [0.3, 0.4) is 0 Å². The largest absolute Gasteiger partial charge is 0.463 e. The van der Waals surface area contributed by atoms with Gasteiger partial charge in [0.2, 0.25) is 0 Å². The molecule has 0 saturated carbocycles. The monoisotopic (exact) mass is 263 g/mol. The van der Waals surface area contributed by atoms with Gasteiger partial charge in [0.25, 0.3) is 5.91 Å². The molecule has 1 aromatic carbocycles. The van der Waals surface area contributed by atoms with E-state index in [1.807, 2.05) is 18.2 Å². The van der Waals surface area contributed by atoms with E-state index >= 15 is 0 Å². The van der Waals surface area contributed by atoms with Crippen LogP contribution >= 0.6 is 0 Å². The van der Waals surface area contributed by atoms with Gasteiger partial charge in [-0.3, -0.25) is 9.59 Å². The van der Waals surface area contributed by atoms with Crippen molar-refractivity contribution in [1.82, 2.24) is 4.90 Å². The normalized spacial score (nSPS) is 21.4. The van der Waals surface area contributed by atoms with E-state index in [1.54, 1.807) is 25.1 Å². The molecule has 1 unspecified atom stereocenters. The van der Waals surface area contributed by atoms with Gasteiger partial charge in [-0.2, -0.15) is 0 Å². The zero-order valence-electron chi connectivity index (χ0n) is 11.3. The number of carbonyl (C=O) groups excluding carboxylic acids is 2. The second kappa shape index (κ2) is 5.01. The summed E-state index contributed by atoms with van der Waals surface area (Å²) in [6.07, 6.45) is 0. The summed E-state index contributed by atoms with van der Waals surface area (Å²) in [5.41, 5.74) is 0.730. The van der Waals surface area contributed by atoms with Crippen molar-refractivity contribution in [2.24, 2.45) is 0 Å². The number of ether oxygens (including phenoxy) is 2. The minimum absolute atomic E-state index is 0.0835. The fourth-order valence-electron chi connectivity index (χ4n) is 2.48. The average molecular weight is 263 g/mol. The van der Waals surface area contributed by atoms with Gasteiger partial charge in [-0.1, -0.05) is 18.2 Å². The van der Waals surface area contributed by atoms with E-state index in [2.05, 4.69) is 0 Å². The molecule has 19 heavy (non-hydrogen) atoms. The third-order valence-electron chi connectivity index (χ3n) is 3.50. The average Bonchev–Trinajstić information content (AvgIpc) is 2.61. The van der Waals surface area contributed by atoms with Crippen LogP contribution in [0.4, 0.5) is 0 Å². The number of hydrogen-bond donors (Lipinski definition) is 0. The molecule has 1 aliphatic heterocycles. The van der Waals surface area contributed by atoms with E-state index in [0.29, 0.717) is 5.56 Å². The Balaban J connectivity index is 2.47. The lowest BCUT2D eigenvalue weighted by Gasteiger charge is -2.35. The molecule has 0 N–H and O–H groups in total. The lowest BCUT2D eigenvalue weighted by atomic mass is 9.91. The molecule has 1 aliphatic rings. The number of likely N-dealkylation sites (N-methyl/N-ethyl adjacent to an activating group) is 1. The Morgan fingerprint density at radius 2 is 2.00 bits per heavy atom. The molecular formula is C14H17NO4. The van der Waals surface area contributed by atoms with E-state index in [1.165, 1.54) is 6.92 Å². The van der Waals surface area contributed by atoms with Crippen LogP contribution in [0.2, 0.25) is 0 Å². The molecule has 0 saturated heterocycles. The quantitative estimate of drug-likeness (QED) is 0.765. The number of carbonyl (C=O) groups is 2. The lowest BCUT2D eigenvalue weighted by molar-refractivity contribution is -0.146. The summed E-state index contributed by atoms with van der Waals surface area (Å²) in [6.45, 7) is 1.72. The van der Waals surface area contributed by atoms with Gasteiger partial charge in [0.1, 0.15) is 12.1 Å². The Hall–Kier alpha value is -1.88. The van der Waals surface area contributed by atoms with Gasteiger partial charge in [-0.05, 0) is 11.6 Å². The first-order chi connectivity index (χ1) is 9.03. The Morgan fingerprint density at radius 1 is 1.32 bits per heavy atom. The van der Waals surface area contributed by atoms with E-state index in [4.69, 9.17) is 9.47 Å². The molecule has 102 valence electrons. The third-order valence-corrected chi connectivity index (χ3v) is 3.50. The maximum atomic E-state index is 12.3. The maximum absolute atomic E-state index is 12.3. The Morgan fingerprint density at radius 3 is 2.63 bits per heavy atom. The van der Waals surface area contributed by atoms with Crippen molar-refractivity contribution in [3.63, 3.8) is 0 Å². The summed E-state index contributed by atoms with van der Waals surface area (Å²) in [7, 11) is 3.26. The van der Waals surface area contributed by atoms with Crippen LogP contribution in [0.5, 0.6) is 0 Å². The maximum Gasteiger partial charge on any atom is 0.302 e. The molecule has 5 heteroatoms. The van der Waals surface area contributed by atoms with Gasteiger partial charge in [0, 0.05) is 26.6 Å². The SMILES string of the molecule is COCC1(COC(C)=O)c2ccccc2C(=O)N1C. The van der Waals surface area contributed by atoms with Gasteiger partial charge in [0.15, 0.2) is 0 Å². The van der Waals surface area contributed by atoms with Crippen molar-refractivity contribution < 1.29 is 19.1 Å². The molecule has 0 bridgehead atoms. The van der Waals surface area contributed by atoms with Crippen molar-refractivity contribution in [3.05, 3.63) is 35.4 Å². The van der Waals surface area contributed by atoms with Crippen LogP contribution in [0, 0.1) is 0 Å². The predicted molar refractivity (Wildman–Crippen MR) is 68.7 cm³/mol. The fraction of sp³-hybridized carbons (Fsp3) is 0.429. The number of benzene rings is 1. The molecule has 5 nitrogen and oxygen atoms in total. The standard InChI is InChI=1S/C14H17NO4/c1-10(16)19-9-14(8-18-3)12-7-5-4-6-11(12)13(17)15(14)2/h4-7H,8-9H2,1-3H3. The van der Waals surface area contributed by atoms with E-state index < -0.39 is 5.54 Å². The third kappa shape index (κ3) is 2.10. The molecule has 0 spiro atoms. The summed E-state index contributed by atoms with van der Waals surface area (Å²) >= 11 is 0. The summed E-state index contributed by atoms with van der Waals surface area (Å²) in [5, 5.41) is 0. The minimum atomic E-state index is -0.742. The molecule has 1 amide bonds. The highest BCUT2D eigenvalue weighted by Crippen LogP contribution is 2.38. The highest BCUT2D eigenvalue weighted by Gasteiger charge is 2.48. The second-order valence-corrected chi connectivity index (χ2v) is 4.65. The molecule has 1 aromatic rings. The van der Waals surface area contributed by atoms with Crippen LogP contribution in [0.15, 0.2) is 24.3 Å². The second-order valence-electron chi connectivity index (χ2n) is 4.65. The molecule has 1 heterocycles. The number of nitrogens with zero attached hydrogens (tertiary/aromatic N) is 1. The Kier molecular flexibility index (Phi) is 3.57. The summed E-state index contributed by atoms with van der Waals surface area (Å²) < 4.78 is 10.4. The lowest BCUT2D eigenvalue weighted by Crippen LogP contribution is -2.48. The number of amides is 1. The van der Waals surface area contributed by atoms with Crippen molar-refractivity contribution in [1.29, 1.82) is 0 Å². The van der Waals surface area contributed by atoms with Crippen LogP contribution in [0.25, 0.3) is 0 Å². The smallest absolute Gasteiger partial charge is 0.302 e. The van der Waals surface area contributed by atoms with Crippen molar-refractivity contribution in [3.8, 4) is 0 Å². The molecule has 1 atom stereocenters. The molecule has 0 radical (unpaired) electrons. The Bertz CT molecular complexity index is 514.